The number of rotatable bonds is 5. The molecule has 6 heteroatoms. The zero-order valence-corrected chi connectivity index (χ0v) is 11.2. The molecule has 2 rings (SSSR count). The van der Waals surface area contributed by atoms with Gasteiger partial charge in [-0.1, -0.05) is 5.92 Å². The quantitative estimate of drug-likeness (QED) is 0.806. The second kappa shape index (κ2) is 6.78. The lowest BCUT2D eigenvalue weighted by molar-refractivity contribution is 0.338. The van der Waals surface area contributed by atoms with Gasteiger partial charge in [-0.25, -0.2) is 0 Å². The fourth-order valence-electron chi connectivity index (χ4n) is 1.99. The van der Waals surface area contributed by atoms with Crippen LogP contribution in [0.25, 0.3) is 0 Å². The fourth-order valence-corrected chi connectivity index (χ4v) is 1.99. The van der Waals surface area contributed by atoms with Gasteiger partial charge in [0.05, 0.1) is 0 Å². The van der Waals surface area contributed by atoms with Crippen molar-refractivity contribution < 1.29 is 4.74 Å². The summed E-state index contributed by atoms with van der Waals surface area (Å²) in [6.07, 6.45) is 8.79. The van der Waals surface area contributed by atoms with Gasteiger partial charge in [0.1, 0.15) is 0 Å². The molecule has 2 heterocycles. The van der Waals surface area contributed by atoms with E-state index in [1.165, 1.54) is 19.3 Å². The number of nitrogens with one attached hydrogen (secondary N) is 1. The molecule has 1 aliphatic rings. The van der Waals surface area contributed by atoms with E-state index in [0.29, 0.717) is 11.9 Å². The van der Waals surface area contributed by atoms with E-state index < -0.39 is 0 Å². The molecule has 0 amide bonds. The highest BCUT2D eigenvalue weighted by molar-refractivity contribution is 5.38. The van der Waals surface area contributed by atoms with Crippen LogP contribution in [0.4, 0.5) is 11.9 Å². The van der Waals surface area contributed by atoms with Crippen molar-refractivity contribution in [1.82, 2.24) is 15.0 Å². The first-order valence-corrected chi connectivity index (χ1v) is 6.64. The minimum absolute atomic E-state index is 0.162. The lowest BCUT2D eigenvalue weighted by Gasteiger charge is -2.26. The second-order valence-electron chi connectivity index (χ2n) is 4.31. The van der Waals surface area contributed by atoms with Gasteiger partial charge in [-0.3, -0.25) is 0 Å². The van der Waals surface area contributed by atoms with Gasteiger partial charge in [-0.05, 0) is 26.2 Å². The van der Waals surface area contributed by atoms with Crippen LogP contribution in [-0.4, -0.2) is 41.2 Å². The Hall–Kier alpha value is -2.03. The maximum Gasteiger partial charge on any atom is 0.324 e. The number of terminal acetylenes is 1. The molecule has 0 aliphatic carbocycles. The van der Waals surface area contributed by atoms with Crippen LogP contribution in [0.3, 0.4) is 0 Å². The first-order valence-electron chi connectivity index (χ1n) is 6.64. The van der Waals surface area contributed by atoms with E-state index in [9.17, 15) is 0 Å². The molecule has 6 nitrogen and oxygen atoms in total. The highest BCUT2D eigenvalue weighted by Crippen LogP contribution is 2.19. The Kier molecular flexibility index (Phi) is 4.78. The molecule has 102 valence electrons. The summed E-state index contributed by atoms with van der Waals surface area (Å²) in [4.78, 5) is 15.1. The third-order valence-electron chi connectivity index (χ3n) is 2.86. The molecule has 0 radical (unpaired) electrons. The van der Waals surface area contributed by atoms with Crippen molar-refractivity contribution >= 4 is 11.9 Å². The molecule has 0 atom stereocenters. The molecule has 0 bridgehead atoms. The Morgan fingerprint density at radius 2 is 2.05 bits per heavy atom. The van der Waals surface area contributed by atoms with E-state index >= 15 is 0 Å². The van der Waals surface area contributed by atoms with Crippen LogP contribution >= 0.6 is 0 Å². The molecule has 1 fully saturated rings. The largest absolute Gasteiger partial charge is 0.450 e. The van der Waals surface area contributed by atoms with E-state index in [2.05, 4.69) is 31.1 Å². The minimum Gasteiger partial charge on any atom is -0.450 e. The van der Waals surface area contributed by atoms with Gasteiger partial charge in [0.2, 0.25) is 11.9 Å². The summed E-state index contributed by atoms with van der Waals surface area (Å²) < 4.78 is 5.31. The second-order valence-corrected chi connectivity index (χ2v) is 4.31. The highest BCUT2D eigenvalue weighted by atomic mass is 16.5. The average molecular weight is 261 g/mol. The number of ether oxygens (including phenoxy) is 1. The molecular formula is C13H19N5O. The molecule has 1 aromatic rings. The normalized spacial score (nSPS) is 14.8. The zero-order chi connectivity index (χ0) is 13.5. The van der Waals surface area contributed by atoms with Crippen molar-refractivity contribution in [3.63, 3.8) is 0 Å². The fraction of sp³-hybridized carbons (Fsp3) is 0.615. The van der Waals surface area contributed by atoms with Gasteiger partial charge in [0.15, 0.2) is 6.61 Å². The van der Waals surface area contributed by atoms with Crippen molar-refractivity contribution in [2.45, 2.75) is 26.2 Å². The first-order chi connectivity index (χ1) is 9.33. The van der Waals surface area contributed by atoms with Crippen molar-refractivity contribution in [1.29, 1.82) is 0 Å². The van der Waals surface area contributed by atoms with E-state index in [0.717, 1.165) is 19.6 Å². The molecular weight excluding hydrogens is 242 g/mol. The summed E-state index contributed by atoms with van der Waals surface area (Å²) in [6, 6.07) is 0.282. The van der Waals surface area contributed by atoms with Gasteiger partial charge in [-0.2, -0.15) is 15.0 Å². The molecule has 1 aromatic heterocycles. The molecule has 0 unspecified atom stereocenters. The average Bonchev–Trinajstić information content (AvgIpc) is 2.46. The first kappa shape index (κ1) is 13.4. The third kappa shape index (κ3) is 3.71. The monoisotopic (exact) mass is 261 g/mol. The lowest BCUT2D eigenvalue weighted by atomic mass is 10.1. The van der Waals surface area contributed by atoms with Crippen molar-refractivity contribution in [2.24, 2.45) is 0 Å². The van der Waals surface area contributed by atoms with Crippen LogP contribution in [0, 0.1) is 12.3 Å². The molecule has 0 aromatic carbocycles. The molecule has 0 spiro atoms. The zero-order valence-electron chi connectivity index (χ0n) is 11.2. The van der Waals surface area contributed by atoms with E-state index in [4.69, 9.17) is 11.2 Å². The Bertz CT molecular complexity index is 451. The number of anilines is 2. The standard InChI is InChI=1S/C13H19N5O/c1-3-10-19-13-16-11(14-4-2)15-12(17-13)18-8-6-5-7-9-18/h1H,4-10H2,2H3,(H,14,15,16,17). The van der Waals surface area contributed by atoms with E-state index in [1.807, 2.05) is 6.92 Å². The van der Waals surface area contributed by atoms with Crippen LogP contribution in [0.1, 0.15) is 26.2 Å². The van der Waals surface area contributed by atoms with Gasteiger partial charge >= 0.3 is 6.01 Å². The van der Waals surface area contributed by atoms with Crippen LogP contribution in [0.2, 0.25) is 0 Å². The van der Waals surface area contributed by atoms with Gasteiger partial charge in [0, 0.05) is 19.6 Å². The summed E-state index contributed by atoms with van der Waals surface area (Å²) in [7, 11) is 0. The Balaban J connectivity index is 2.19. The number of piperidine rings is 1. The van der Waals surface area contributed by atoms with Crippen LogP contribution in [0.5, 0.6) is 6.01 Å². The number of aromatic nitrogens is 3. The maximum absolute atomic E-state index is 5.31. The molecule has 0 saturated carbocycles. The predicted molar refractivity (Wildman–Crippen MR) is 74.4 cm³/mol. The van der Waals surface area contributed by atoms with Crippen LogP contribution in [0.15, 0.2) is 0 Å². The number of hydrogen-bond acceptors (Lipinski definition) is 6. The van der Waals surface area contributed by atoms with Gasteiger partial charge in [-0.15, -0.1) is 6.42 Å². The lowest BCUT2D eigenvalue weighted by Crippen LogP contribution is -2.31. The summed E-state index contributed by atoms with van der Waals surface area (Å²) in [5, 5.41) is 3.08. The summed E-state index contributed by atoms with van der Waals surface area (Å²) >= 11 is 0. The summed E-state index contributed by atoms with van der Waals surface area (Å²) in [5.41, 5.74) is 0. The smallest absolute Gasteiger partial charge is 0.324 e. The molecule has 19 heavy (non-hydrogen) atoms. The van der Waals surface area contributed by atoms with E-state index in [1.54, 1.807) is 0 Å². The van der Waals surface area contributed by atoms with Crippen molar-refractivity contribution in [3.05, 3.63) is 0 Å². The molecule has 1 N–H and O–H groups in total. The molecule has 1 aliphatic heterocycles. The maximum atomic E-state index is 5.31. The summed E-state index contributed by atoms with van der Waals surface area (Å²) in [6.45, 7) is 4.85. The predicted octanol–water partition coefficient (Wildman–Crippen LogP) is 1.31. The van der Waals surface area contributed by atoms with Crippen LogP contribution < -0.4 is 15.0 Å². The van der Waals surface area contributed by atoms with Crippen molar-refractivity contribution in [3.8, 4) is 18.4 Å². The number of hydrogen-bond donors (Lipinski definition) is 1. The topological polar surface area (TPSA) is 63.2 Å². The summed E-state index contributed by atoms with van der Waals surface area (Å²) in [5.74, 6) is 3.61. The molecule has 1 saturated heterocycles. The van der Waals surface area contributed by atoms with Crippen LogP contribution in [-0.2, 0) is 0 Å². The van der Waals surface area contributed by atoms with Gasteiger partial charge in [0.25, 0.3) is 0 Å². The Morgan fingerprint density at radius 3 is 2.74 bits per heavy atom. The Morgan fingerprint density at radius 1 is 1.26 bits per heavy atom. The number of nitrogens with zero attached hydrogens (tertiary/aromatic N) is 4. The highest BCUT2D eigenvalue weighted by Gasteiger charge is 2.16. The van der Waals surface area contributed by atoms with Crippen molar-refractivity contribution in [2.75, 3.05) is 36.5 Å². The van der Waals surface area contributed by atoms with Gasteiger partial charge < -0.3 is 15.0 Å². The third-order valence-corrected chi connectivity index (χ3v) is 2.86. The Labute approximate surface area is 113 Å². The SMILES string of the molecule is C#CCOc1nc(NCC)nc(N2CCCCC2)n1. The van der Waals surface area contributed by atoms with E-state index in [-0.39, 0.29) is 12.6 Å². The minimum atomic E-state index is 0.162.